The van der Waals surface area contributed by atoms with Crippen molar-refractivity contribution in [2.75, 3.05) is 0 Å². The molecular weight excluding hydrogens is 388 g/mol. The summed E-state index contributed by atoms with van der Waals surface area (Å²) in [6, 6.07) is 25.5. The van der Waals surface area contributed by atoms with Crippen molar-refractivity contribution in [3.8, 4) is 0 Å². The molecule has 0 radical (unpaired) electrons. The van der Waals surface area contributed by atoms with Gasteiger partial charge in [0.15, 0.2) is 0 Å². The first-order valence-corrected chi connectivity index (χ1v) is 10.2. The molecule has 31 heavy (non-hydrogen) atoms. The number of hydrogen-bond acceptors (Lipinski definition) is 2. The molecule has 0 aliphatic carbocycles. The summed E-state index contributed by atoms with van der Waals surface area (Å²) >= 11 is 0. The average Bonchev–Trinajstić information content (AvgIpc) is 3.22. The van der Waals surface area contributed by atoms with Crippen LogP contribution in [-0.4, -0.2) is 28.0 Å². The summed E-state index contributed by atoms with van der Waals surface area (Å²) in [5.41, 5.74) is 2.36. The van der Waals surface area contributed by atoms with Gasteiger partial charge in [0.1, 0.15) is 6.04 Å². The van der Waals surface area contributed by atoms with Gasteiger partial charge in [-0.3, -0.25) is 4.79 Å². The number of hydrogen-bond donors (Lipinski definition) is 3. The van der Waals surface area contributed by atoms with Crippen molar-refractivity contribution in [1.82, 2.24) is 10.3 Å². The second kappa shape index (κ2) is 8.48. The fourth-order valence-electron chi connectivity index (χ4n) is 3.99. The van der Waals surface area contributed by atoms with E-state index in [2.05, 4.69) is 10.3 Å². The van der Waals surface area contributed by atoms with Crippen molar-refractivity contribution < 1.29 is 14.7 Å². The number of aromatic nitrogens is 1. The summed E-state index contributed by atoms with van der Waals surface area (Å²) in [5.74, 6) is -1.42. The predicted molar refractivity (Wildman–Crippen MR) is 121 cm³/mol. The minimum atomic E-state index is -1.07. The molecule has 0 aliphatic rings. The van der Waals surface area contributed by atoms with E-state index in [4.69, 9.17) is 0 Å². The third kappa shape index (κ3) is 3.94. The minimum Gasteiger partial charge on any atom is -0.480 e. The molecule has 3 N–H and O–H groups in total. The Labute approximate surface area is 180 Å². The number of H-pyrrole nitrogens is 1. The van der Waals surface area contributed by atoms with Gasteiger partial charge in [-0.15, -0.1) is 0 Å². The molecule has 0 aliphatic heterocycles. The van der Waals surface area contributed by atoms with Gasteiger partial charge in [0.25, 0.3) is 0 Å². The van der Waals surface area contributed by atoms with Crippen molar-refractivity contribution in [3.05, 3.63) is 108 Å². The molecule has 0 spiro atoms. The molecule has 4 aromatic rings. The highest BCUT2D eigenvalue weighted by molar-refractivity contribution is 5.94. The number of amides is 1. The van der Waals surface area contributed by atoms with E-state index < -0.39 is 17.4 Å². The van der Waals surface area contributed by atoms with Crippen LogP contribution in [0.2, 0.25) is 0 Å². The van der Waals surface area contributed by atoms with E-state index in [1.165, 1.54) is 0 Å². The van der Waals surface area contributed by atoms with Gasteiger partial charge in [0, 0.05) is 23.5 Å². The molecule has 3 aromatic carbocycles. The summed E-state index contributed by atoms with van der Waals surface area (Å²) < 4.78 is 0. The quantitative estimate of drug-likeness (QED) is 0.424. The smallest absolute Gasteiger partial charge is 0.326 e. The van der Waals surface area contributed by atoms with Gasteiger partial charge in [-0.1, -0.05) is 78.9 Å². The first-order valence-electron chi connectivity index (χ1n) is 10.2. The predicted octanol–water partition coefficient (Wildman–Crippen LogP) is 4.29. The van der Waals surface area contributed by atoms with Crippen LogP contribution in [0, 0.1) is 0 Å². The molecule has 156 valence electrons. The first-order chi connectivity index (χ1) is 15.0. The van der Waals surface area contributed by atoms with E-state index in [-0.39, 0.29) is 12.3 Å². The summed E-state index contributed by atoms with van der Waals surface area (Å²) in [5, 5.41) is 13.6. The fourth-order valence-corrected chi connectivity index (χ4v) is 3.99. The molecule has 4 rings (SSSR count). The van der Waals surface area contributed by atoms with E-state index in [1.807, 2.05) is 91.9 Å². The number of carboxylic acid groups (broad SMARTS) is 1. The molecule has 0 bridgehead atoms. The Hall–Kier alpha value is -3.86. The lowest BCUT2D eigenvalue weighted by Gasteiger charge is -2.31. The summed E-state index contributed by atoms with van der Waals surface area (Å²) in [6.45, 7) is 1.83. The van der Waals surface area contributed by atoms with Gasteiger partial charge >= 0.3 is 5.97 Å². The summed E-state index contributed by atoms with van der Waals surface area (Å²) in [6.07, 6.45) is 1.99. The standard InChI is InChI=1S/C26H24N2O3/c1-26(19-10-4-2-5-11-19,20-12-6-3-7-13-20)25(31)28-23(24(29)30)16-18-17-27-22-15-9-8-14-21(18)22/h2-15,17,23,27H,16H2,1H3,(H,28,31)(H,29,30)/t23-/m1/s1. The molecule has 0 saturated carbocycles. The van der Waals surface area contributed by atoms with Crippen LogP contribution in [0.3, 0.4) is 0 Å². The largest absolute Gasteiger partial charge is 0.480 e. The number of nitrogens with one attached hydrogen (secondary N) is 2. The van der Waals surface area contributed by atoms with E-state index in [0.717, 1.165) is 27.6 Å². The van der Waals surface area contributed by atoms with Gasteiger partial charge in [0.2, 0.25) is 5.91 Å². The van der Waals surface area contributed by atoms with Gasteiger partial charge in [-0.05, 0) is 29.7 Å². The molecule has 0 unspecified atom stereocenters. The number of carbonyl (C=O) groups excluding carboxylic acids is 1. The Kier molecular flexibility index (Phi) is 5.58. The van der Waals surface area contributed by atoms with Crippen LogP contribution in [0.25, 0.3) is 10.9 Å². The maximum Gasteiger partial charge on any atom is 0.326 e. The fraction of sp³-hybridized carbons (Fsp3) is 0.154. The lowest BCUT2D eigenvalue weighted by Crippen LogP contribution is -2.50. The van der Waals surface area contributed by atoms with Crippen LogP contribution in [0.5, 0.6) is 0 Å². The highest BCUT2D eigenvalue weighted by atomic mass is 16.4. The number of aromatic amines is 1. The third-order valence-electron chi connectivity index (χ3n) is 5.86. The summed E-state index contributed by atoms with van der Waals surface area (Å²) in [4.78, 5) is 28.8. The minimum absolute atomic E-state index is 0.185. The maximum atomic E-state index is 13.6. The van der Waals surface area contributed by atoms with E-state index in [9.17, 15) is 14.7 Å². The van der Waals surface area contributed by atoms with Crippen molar-refractivity contribution in [2.24, 2.45) is 0 Å². The molecule has 1 heterocycles. The Morgan fingerprint density at radius 3 is 2.03 bits per heavy atom. The Morgan fingerprint density at radius 1 is 0.903 bits per heavy atom. The Bertz CT molecular complexity index is 1160. The molecule has 1 atom stereocenters. The van der Waals surface area contributed by atoms with Crippen molar-refractivity contribution >= 4 is 22.8 Å². The second-order valence-electron chi connectivity index (χ2n) is 7.78. The third-order valence-corrected chi connectivity index (χ3v) is 5.86. The number of para-hydroxylation sites is 1. The summed E-state index contributed by atoms with van der Waals surface area (Å²) in [7, 11) is 0. The van der Waals surface area contributed by atoms with Crippen molar-refractivity contribution in [3.63, 3.8) is 0 Å². The lowest BCUT2D eigenvalue weighted by atomic mass is 9.75. The molecule has 1 amide bonds. The van der Waals surface area contributed by atoms with E-state index >= 15 is 0 Å². The van der Waals surface area contributed by atoms with Gasteiger partial charge in [-0.2, -0.15) is 0 Å². The van der Waals surface area contributed by atoms with Crippen molar-refractivity contribution in [1.29, 1.82) is 0 Å². The van der Waals surface area contributed by atoms with Crippen LogP contribution < -0.4 is 5.32 Å². The van der Waals surface area contributed by atoms with Gasteiger partial charge in [0.05, 0.1) is 5.41 Å². The Balaban J connectivity index is 1.67. The first kappa shape index (κ1) is 20.4. The highest BCUT2D eigenvalue weighted by Gasteiger charge is 2.39. The molecule has 0 saturated heterocycles. The van der Waals surface area contributed by atoms with Crippen LogP contribution in [0.15, 0.2) is 91.1 Å². The zero-order chi connectivity index (χ0) is 21.8. The molecule has 1 aromatic heterocycles. The number of carboxylic acids is 1. The zero-order valence-electron chi connectivity index (χ0n) is 17.2. The molecule has 0 fully saturated rings. The number of carbonyl (C=O) groups is 2. The Morgan fingerprint density at radius 2 is 1.45 bits per heavy atom. The number of benzene rings is 3. The average molecular weight is 412 g/mol. The molecule has 5 heteroatoms. The number of fused-ring (bicyclic) bond motifs is 1. The van der Waals surface area contributed by atoms with E-state index in [1.54, 1.807) is 6.20 Å². The van der Waals surface area contributed by atoms with Crippen LogP contribution in [-0.2, 0) is 21.4 Å². The zero-order valence-corrected chi connectivity index (χ0v) is 17.2. The van der Waals surface area contributed by atoms with Crippen LogP contribution in [0.4, 0.5) is 0 Å². The normalized spacial score (nSPS) is 12.4. The number of aliphatic carboxylic acids is 1. The topological polar surface area (TPSA) is 82.2 Å². The molecular formula is C26H24N2O3. The monoisotopic (exact) mass is 412 g/mol. The molecule has 5 nitrogen and oxygen atoms in total. The second-order valence-corrected chi connectivity index (χ2v) is 7.78. The van der Waals surface area contributed by atoms with Gasteiger partial charge < -0.3 is 15.4 Å². The van der Waals surface area contributed by atoms with E-state index in [0.29, 0.717) is 0 Å². The van der Waals surface area contributed by atoms with Gasteiger partial charge in [-0.25, -0.2) is 4.79 Å². The maximum absolute atomic E-state index is 13.6. The van der Waals surface area contributed by atoms with Crippen LogP contribution in [0.1, 0.15) is 23.6 Å². The lowest BCUT2D eigenvalue weighted by molar-refractivity contribution is -0.142. The number of rotatable bonds is 7. The van der Waals surface area contributed by atoms with Crippen LogP contribution >= 0.6 is 0 Å². The SMILES string of the molecule is CC(C(=O)N[C@H](Cc1c[nH]c2ccccc12)C(=O)O)(c1ccccc1)c1ccccc1. The highest BCUT2D eigenvalue weighted by Crippen LogP contribution is 2.32. The van der Waals surface area contributed by atoms with Crippen molar-refractivity contribution in [2.45, 2.75) is 24.8 Å².